The molecule has 0 unspecified atom stereocenters. The molecule has 0 aromatic heterocycles. The minimum Gasteiger partial charge on any atom is -0.469 e. The summed E-state index contributed by atoms with van der Waals surface area (Å²) >= 11 is 1.36. The average molecular weight is 307 g/mol. The Kier molecular flexibility index (Phi) is 5.87. The van der Waals surface area contributed by atoms with Crippen molar-refractivity contribution in [3.05, 3.63) is 24.3 Å². The van der Waals surface area contributed by atoms with Crippen LogP contribution in [0.25, 0.3) is 0 Å². The number of amides is 1. The summed E-state index contributed by atoms with van der Waals surface area (Å²) in [4.78, 5) is 22.4. The molecule has 0 aliphatic heterocycles. The molecule has 0 radical (unpaired) electrons. The topological polar surface area (TPSA) is 55.4 Å². The maximum absolute atomic E-state index is 12.0. The molecular formula is C12H12F3NO3S. The van der Waals surface area contributed by atoms with E-state index in [1.807, 2.05) is 0 Å². The Bertz CT molecular complexity index is 474. The Morgan fingerprint density at radius 2 is 1.85 bits per heavy atom. The zero-order chi connectivity index (χ0) is 15.2. The lowest BCUT2D eigenvalue weighted by molar-refractivity contribution is -0.167. The number of ether oxygens (including phenoxy) is 1. The number of esters is 1. The summed E-state index contributed by atoms with van der Waals surface area (Å²) in [5.74, 6) is -1.84. The van der Waals surface area contributed by atoms with Gasteiger partial charge in [0.15, 0.2) is 0 Å². The number of carbonyl (C=O) groups excluding carboxylic acids is 2. The van der Waals surface area contributed by atoms with Crippen LogP contribution in [0, 0.1) is 0 Å². The quantitative estimate of drug-likeness (QED) is 0.671. The largest absolute Gasteiger partial charge is 0.471 e. The van der Waals surface area contributed by atoms with Crippen LogP contribution in [0.15, 0.2) is 29.2 Å². The molecule has 0 heterocycles. The average Bonchev–Trinajstić information content (AvgIpc) is 2.39. The van der Waals surface area contributed by atoms with Gasteiger partial charge in [-0.1, -0.05) is 0 Å². The van der Waals surface area contributed by atoms with Crippen LogP contribution in [0.5, 0.6) is 0 Å². The van der Waals surface area contributed by atoms with Gasteiger partial charge in [0.1, 0.15) is 0 Å². The third kappa shape index (κ3) is 5.52. The van der Waals surface area contributed by atoms with E-state index in [4.69, 9.17) is 0 Å². The zero-order valence-corrected chi connectivity index (χ0v) is 11.3. The second kappa shape index (κ2) is 7.18. The summed E-state index contributed by atoms with van der Waals surface area (Å²) in [6.07, 6.45) is -4.67. The highest BCUT2D eigenvalue weighted by molar-refractivity contribution is 7.99. The van der Waals surface area contributed by atoms with Gasteiger partial charge in [0.05, 0.1) is 13.5 Å². The van der Waals surface area contributed by atoms with Crippen LogP contribution in [0.4, 0.5) is 18.9 Å². The molecule has 0 saturated carbocycles. The van der Waals surface area contributed by atoms with E-state index in [0.717, 1.165) is 4.90 Å². The fourth-order valence-electron chi connectivity index (χ4n) is 1.19. The number of carbonyl (C=O) groups is 2. The standard InChI is InChI=1S/C12H12F3NO3S/c1-19-10(17)6-7-20-9-4-2-8(3-5-9)16-11(18)12(13,14)15/h2-5H,6-7H2,1H3,(H,16,18). The number of rotatable bonds is 5. The van der Waals surface area contributed by atoms with Gasteiger partial charge in [0, 0.05) is 16.3 Å². The summed E-state index contributed by atoms with van der Waals surface area (Å²) in [6.45, 7) is 0. The van der Waals surface area contributed by atoms with Gasteiger partial charge < -0.3 is 10.1 Å². The number of halogens is 3. The summed E-state index contributed by atoms with van der Waals surface area (Å²) in [6, 6.07) is 5.86. The van der Waals surface area contributed by atoms with Gasteiger partial charge in [0.25, 0.3) is 0 Å². The van der Waals surface area contributed by atoms with Crippen molar-refractivity contribution in [1.82, 2.24) is 0 Å². The summed E-state index contributed by atoms with van der Waals surface area (Å²) in [5.41, 5.74) is 0.0599. The first kappa shape index (κ1) is 16.4. The number of thioether (sulfide) groups is 1. The highest BCUT2D eigenvalue weighted by Crippen LogP contribution is 2.23. The molecule has 0 aliphatic carbocycles. The zero-order valence-electron chi connectivity index (χ0n) is 10.5. The molecule has 1 N–H and O–H groups in total. The molecule has 1 amide bonds. The van der Waals surface area contributed by atoms with Crippen LogP contribution in [-0.4, -0.2) is 30.9 Å². The lowest BCUT2D eigenvalue weighted by atomic mass is 10.3. The number of anilines is 1. The van der Waals surface area contributed by atoms with Crippen molar-refractivity contribution in [2.75, 3.05) is 18.2 Å². The number of hydrogen-bond acceptors (Lipinski definition) is 4. The van der Waals surface area contributed by atoms with E-state index >= 15 is 0 Å². The number of nitrogens with one attached hydrogen (secondary N) is 1. The van der Waals surface area contributed by atoms with Crippen molar-refractivity contribution < 1.29 is 27.5 Å². The van der Waals surface area contributed by atoms with Gasteiger partial charge in [0.2, 0.25) is 0 Å². The van der Waals surface area contributed by atoms with Crippen LogP contribution in [0.2, 0.25) is 0 Å². The lowest BCUT2D eigenvalue weighted by Crippen LogP contribution is -2.29. The Labute approximate surface area is 117 Å². The number of methoxy groups -OCH3 is 1. The maximum atomic E-state index is 12.0. The highest BCUT2D eigenvalue weighted by Gasteiger charge is 2.38. The first-order chi connectivity index (χ1) is 9.32. The molecule has 0 spiro atoms. The van der Waals surface area contributed by atoms with Gasteiger partial charge in [-0.3, -0.25) is 9.59 Å². The Morgan fingerprint density at radius 1 is 1.25 bits per heavy atom. The molecule has 0 bridgehead atoms. The van der Waals surface area contributed by atoms with Crippen molar-refractivity contribution in [2.45, 2.75) is 17.5 Å². The van der Waals surface area contributed by atoms with E-state index in [2.05, 4.69) is 4.74 Å². The van der Waals surface area contributed by atoms with E-state index < -0.39 is 12.1 Å². The highest BCUT2D eigenvalue weighted by atomic mass is 32.2. The molecule has 0 saturated heterocycles. The van der Waals surface area contributed by atoms with Crippen molar-refractivity contribution in [3.8, 4) is 0 Å². The summed E-state index contributed by atoms with van der Waals surface area (Å²) < 4.78 is 40.6. The van der Waals surface area contributed by atoms with Crippen LogP contribution in [0.3, 0.4) is 0 Å². The Morgan fingerprint density at radius 3 is 2.35 bits per heavy atom. The predicted octanol–water partition coefficient (Wildman–Crippen LogP) is 2.84. The molecule has 1 rings (SSSR count). The summed E-state index contributed by atoms with van der Waals surface area (Å²) in [5, 5.41) is 1.75. The lowest BCUT2D eigenvalue weighted by Gasteiger charge is -2.08. The normalized spacial score (nSPS) is 11.0. The molecule has 0 atom stereocenters. The molecule has 0 fully saturated rings. The van der Waals surface area contributed by atoms with E-state index in [1.54, 1.807) is 17.4 Å². The SMILES string of the molecule is COC(=O)CCSc1ccc(NC(=O)C(F)(F)F)cc1. The van der Waals surface area contributed by atoms with Crippen LogP contribution < -0.4 is 5.32 Å². The number of hydrogen-bond donors (Lipinski definition) is 1. The molecule has 8 heteroatoms. The number of benzene rings is 1. The molecule has 0 aliphatic rings. The van der Waals surface area contributed by atoms with Crippen molar-refractivity contribution in [2.24, 2.45) is 0 Å². The molecule has 1 aromatic carbocycles. The Hall–Kier alpha value is -1.70. The van der Waals surface area contributed by atoms with E-state index in [-0.39, 0.29) is 18.1 Å². The maximum Gasteiger partial charge on any atom is 0.471 e. The molecule has 110 valence electrons. The van der Waals surface area contributed by atoms with Gasteiger partial charge in [-0.2, -0.15) is 13.2 Å². The van der Waals surface area contributed by atoms with E-state index in [9.17, 15) is 22.8 Å². The predicted molar refractivity (Wildman–Crippen MR) is 68.5 cm³/mol. The van der Waals surface area contributed by atoms with E-state index in [1.165, 1.54) is 31.0 Å². The smallest absolute Gasteiger partial charge is 0.469 e. The van der Waals surface area contributed by atoms with Crippen molar-refractivity contribution >= 4 is 29.3 Å². The first-order valence-electron chi connectivity index (χ1n) is 5.51. The molecular weight excluding hydrogens is 295 g/mol. The van der Waals surface area contributed by atoms with Gasteiger partial charge in [-0.05, 0) is 24.3 Å². The summed E-state index contributed by atoms with van der Waals surface area (Å²) in [7, 11) is 1.30. The van der Waals surface area contributed by atoms with Crippen LogP contribution in [0.1, 0.15) is 6.42 Å². The van der Waals surface area contributed by atoms with Crippen molar-refractivity contribution in [3.63, 3.8) is 0 Å². The van der Waals surface area contributed by atoms with Gasteiger partial charge >= 0.3 is 18.1 Å². The van der Waals surface area contributed by atoms with Gasteiger partial charge in [-0.25, -0.2) is 0 Å². The van der Waals surface area contributed by atoms with E-state index in [0.29, 0.717) is 5.75 Å². The Balaban J connectivity index is 2.48. The molecule has 20 heavy (non-hydrogen) atoms. The van der Waals surface area contributed by atoms with Crippen LogP contribution >= 0.6 is 11.8 Å². The van der Waals surface area contributed by atoms with Gasteiger partial charge in [-0.15, -0.1) is 11.8 Å². The molecule has 4 nitrogen and oxygen atoms in total. The fraction of sp³-hybridized carbons (Fsp3) is 0.333. The number of alkyl halides is 3. The second-order valence-electron chi connectivity index (χ2n) is 3.65. The fourth-order valence-corrected chi connectivity index (χ4v) is 2.02. The third-order valence-corrected chi connectivity index (χ3v) is 3.19. The monoisotopic (exact) mass is 307 g/mol. The minimum atomic E-state index is -4.91. The second-order valence-corrected chi connectivity index (χ2v) is 4.82. The molecule has 1 aromatic rings. The first-order valence-corrected chi connectivity index (χ1v) is 6.49. The van der Waals surface area contributed by atoms with Crippen LogP contribution in [-0.2, 0) is 14.3 Å². The van der Waals surface area contributed by atoms with Crippen molar-refractivity contribution in [1.29, 1.82) is 0 Å². The third-order valence-electron chi connectivity index (χ3n) is 2.17. The minimum absolute atomic E-state index is 0.0599.